The number of pyridine rings is 1. The molecule has 158 valence electrons. The highest BCUT2D eigenvalue weighted by Gasteiger charge is 2.48. The lowest BCUT2D eigenvalue weighted by molar-refractivity contribution is -0.0594. The van der Waals surface area contributed by atoms with Crippen molar-refractivity contribution in [2.24, 2.45) is 0 Å². The van der Waals surface area contributed by atoms with Gasteiger partial charge in [0, 0.05) is 35.9 Å². The van der Waals surface area contributed by atoms with Crippen LogP contribution in [0.1, 0.15) is 62.3 Å². The molecule has 4 heterocycles. The van der Waals surface area contributed by atoms with Crippen molar-refractivity contribution < 1.29 is 9.84 Å². The van der Waals surface area contributed by atoms with Crippen molar-refractivity contribution >= 4 is 11.0 Å². The minimum Gasteiger partial charge on any atom is -0.497 e. The number of piperidine rings is 1. The molecule has 0 radical (unpaired) electrons. The highest BCUT2D eigenvalue weighted by atomic mass is 16.5. The van der Waals surface area contributed by atoms with Gasteiger partial charge < -0.3 is 14.8 Å². The van der Waals surface area contributed by atoms with Gasteiger partial charge in [-0.2, -0.15) is 0 Å². The van der Waals surface area contributed by atoms with Crippen LogP contribution < -0.4 is 4.74 Å². The molecule has 2 saturated heterocycles. The zero-order valence-electron chi connectivity index (χ0n) is 18.1. The second-order valence-corrected chi connectivity index (χ2v) is 9.30. The van der Waals surface area contributed by atoms with E-state index < -0.39 is 5.60 Å². The second-order valence-electron chi connectivity index (χ2n) is 9.30. The van der Waals surface area contributed by atoms with Crippen molar-refractivity contribution in [2.75, 3.05) is 7.11 Å². The quantitative estimate of drug-likeness (QED) is 0.645. The van der Waals surface area contributed by atoms with E-state index in [0.717, 1.165) is 49.2 Å². The van der Waals surface area contributed by atoms with E-state index in [0.29, 0.717) is 18.0 Å². The molecule has 2 N–H and O–H groups in total. The predicted octanol–water partition coefficient (Wildman–Crippen LogP) is 4.71. The van der Waals surface area contributed by atoms with Gasteiger partial charge in [0.15, 0.2) is 0 Å². The third-order valence-corrected chi connectivity index (χ3v) is 7.17. The number of nitrogens with zero attached hydrogens (tertiary/aromatic N) is 2. The molecule has 0 spiro atoms. The first kappa shape index (κ1) is 19.6. The first-order valence-corrected chi connectivity index (χ1v) is 11.1. The molecule has 2 aliphatic heterocycles. The van der Waals surface area contributed by atoms with Crippen LogP contribution in [0.25, 0.3) is 11.0 Å². The van der Waals surface area contributed by atoms with Gasteiger partial charge in [0.1, 0.15) is 11.4 Å². The van der Waals surface area contributed by atoms with E-state index in [1.807, 2.05) is 36.5 Å². The van der Waals surface area contributed by atoms with Crippen LogP contribution in [0, 0.1) is 0 Å². The van der Waals surface area contributed by atoms with Gasteiger partial charge in [-0.3, -0.25) is 4.90 Å². The van der Waals surface area contributed by atoms with Crippen LogP contribution in [0.4, 0.5) is 0 Å². The van der Waals surface area contributed by atoms with Crippen LogP contribution in [-0.2, 0) is 12.1 Å². The molecule has 0 unspecified atom stereocenters. The molecular formula is C25H31N3O2. The van der Waals surface area contributed by atoms with Crippen molar-refractivity contribution in [3.05, 3.63) is 59.4 Å². The van der Waals surface area contributed by atoms with Crippen LogP contribution in [0.3, 0.4) is 0 Å². The highest BCUT2D eigenvalue weighted by Crippen LogP contribution is 2.47. The molecule has 2 aliphatic rings. The molecule has 5 heteroatoms. The fourth-order valence-corrected chi connectivity index (χ4v) is 5.65. The number of nitrogens with one attached hydrogen (secondary N) is 1. The number of aromatic amines is 1. The summed E-state index contributed by atoms with van der Waals surface area (Å²) in [6.45, 7) is 5.40. The summed E-state index contributed by atoms with van der Waals surface area (Å²) in [6.07, 6.45) is 5.73. The van der Waals surface area contributed by atoms with Crippen molar-refractivity contribution in [3.63, 3.8) is 0 Å². The molecule has 0 aliphatic carbocycles. The number of ether oxygens (including phenoxy) is 1. The molecule has 5 nitrogen and oxygen atoms in total. The van der Waals surface area contributed by atoms with Crippen LogP contribution in [0.5, 0.6) is 5.75 Å². The number of methoxy groups -OCH3 is 1. The molecule has 2 atom stereocenters. The van der Waals surface area contributed by atoms with Crippen molar-refractivity contribution in [1.82, 2.24) is 14.9 Å². The van der Waals surface area contributed by atoms with Crippen LogP contribution in [0.15, 0.2) is 42.6 Å². The number of fused-ring (bicyclic) bond motifs is 3. The van der Waals surface area contributed by atoms with E-state index in [9.17, 15) is 5.11 Å². The summed E-state index contributed by atoms with van der Waals surface area (Å²) in [7, 11) is 1.67. The summed E-state index contributed by atoms with van der Waals surface area (Å²) in [4.78, 5) is 10.7. The van der Waals surface area contributed by atoms with Crippen LogP contribution >= 0.6 is 0 Å². The molecule has 2 bridgehead atoms. The van der Waals surface area contributed by atoms with E-state index in [-0.39, 0.29) is 0 Å². The minimum atomic E-state index is -0.753. The van der Waals surface area contributed by atoms with E-state index in [2.05, 4.69) is 34.8 Å². The Labute approximate surface area is 178 Å². The molecule has 3 aromatic rings. The Morgan fingerprint density at radius 2 is 1.87 bits per heavy atom. The summed E-state index contributed by atoms with van der Waals surface area (Å²) in [5, 5.41) is 12.8. The second kappa shape index (κ2) is 7.40. The number of rotatable bonds is 5. The number of hydrogen-bond donors (Lipinski definition) is 2. The molecular weight excluding hydrogens is 374 g/mol. The number of H-pyrrole nitrogens is 1. The van der Waals surface area contributed by atoms with Gasteiger partial charge >= 0.3 is 0 Å². The SMILES string of the molecule is COc1ccc(C2(O)C[C@H]3CC[C@H](C2)N3Cc2c(C(C)C)[nH]c3ncccc23)cc1. The monoisotopic (exact) mass is 405 g/mol. The molecule has 30 heavy (non-hydrogen) atoms. The lowest BCUT2D eigenvalue weighted by Crippen LogP contribution is -2.49. The Hall–Kier alpha value is -2.37. The Kier molecular flexibility index (Phi) is 4.83. The van der Waals surface area contributed by atoms with Gasteiger partial charge in [-0.05, 0) is 67.0 Å². The lowest BCUT2D eigenvalue weighted by atomic mass is 9.80. The van der Waals surface area contributed by atoms with Gasteiger partial charge in [-0.15, -0.1) is 0 Å². The van der Waals surface area contributed by atoms with Gasteiger partial charge in [0.2, 0.25) is 0 Å². The topological polar surface area (TPSA) is 61.4 Å². The molecule has 2 fully saturated rings. The highest BCUT2D eigenvalue weighted by molar-refractivity contribution is 5.81. The van der Waals surface area contributed by atoms with E-state index in [1.165, 1.54) is 16.6 Å². The third kappa shape index (κ3) is 3.21. The molecule has 2 aromatic heterocycles. The molecule has 0 amide bonds. The predicted molar refractivity (Wildman–Crippen MR) is 119 cm³/mol. The average molecular weight is 406 g/mol. The van der Waals surface area contributed by atoms with E-state index in [4.69, 9.17) is 4.74 Å². The van der Waals surface area contributed by atoms with Crippen molar-refractivity contribution in [3.8, 4) is 5.75 Å². The average Bonchev–Trinajstić information content (AvgIpc) is 3.24. The van der Waals surface area contributed by atoms with Gasteiger partial charge in [-0.25, -0.2) is 4.98 Å². The molecule has 0 saturated carbocycles. The van der Waals surface area contributed by atoms with Crippen LogP contribution in [0.2, 0.25) is 0 Å². The number of hydrogen-bond acceptors (Lipinski definition) is 4. The fourth-order valence-electron chi connectivity index (χ4n) is 5.65. The standard InChI is InChI=1S/C25H31N3O2/c1-16(2)23-22(21-5-4-12-26-24(21)27-23)15-28-18-8-9-19(28)14-25(29,13-18)17-6-10-20(30-3)11-7-17/h4-7,10-12,16,18-19,29H,8-9,13-15H2,1-3H3,(H,26,27)/t18-,19-/m1/s1. The maximum absolute atomic E-state index is 11.6. The van der Waals surface area contributed by atoms with E-state index in [1.54, 1.807) is 7.11 Å². The summed E-state index contributed by atoms with van der Waals surface area (Å²) >= 11 is 0. The largest absolute Gasteiger partial charge is 0.497 e. The molecule has 5 rings (SSSR count). The summed E-state index contributed by atoms with van der Waals surface area (Å²) in [5.41, 5.74) is 3.91. The van der Waals surface area contributed by atoms with Crippen molar-refractivity contribution in [1.29, 1.82) is 0 Å². The Morgan fingerprint density at radius 3 is 2.50 bits per heavy atom. The first-order valence-electron chi connectivity index (χ1n) is 11.1. The molecule has 1 aromatic carbocycles. The zero-order valence-corrected chi connectivity index (χ0v) is 18.1. The normalized spacial score (nSPS) is 26.6. The Balaban J connectivity index is 1.42. The fraction of sp³-hybridized carbons (Fsp3) is 0.480. The Morgan fingerprint density at radius 1 is 1.17 bits per heavy atom. The smallest absolute Gasteiger partial charge is 0.137 e. The summed E-state index contributed by atoms with van der Waals surface area (Å²) in [6, 6.07) is 13.0. The minimum absolute atomic E-state index is 0.400. The van der Waals surface area contributed by atoms with Crippen LogP contribution in [-0.4, -0.2) is 39.2 Å². The number of benzene rings is 1. The summed E-state index contributed by atoms with van der Waals surface area (Å²) < 4.78 is 5.29. The lowest BCUT2D eigenvalue weighted by Gasteiger charge is -2.44. The van der Waals surface area contributed by atoms with Gasteiger partial charge in [-0.1, -0.05) is 26.0 Å². The Bertz CT molecular complexity index is 1030. The third-order valence-electron chi connectivity index (χ3n) is 7.17. The number of aromatic nitrogens is 2. The summed E-state index contributed by atoms with van der Waals surface area (Å²) in [5.74, 6) is 1.25. The number of aliphatic hydroxyl groups is 1. The van der Waals surface area contributed by atoms with E-state index >= 15 is 0 Å². The van der Waals surface area contributed by atoms with Gasteiger partial charge in [0.25, 0.3) is 0 Å². The first-order chi connectivity index (χ1) is 14.5. The van der Waals surface area contributed by atoms with Crippen molar-refractivity contribution in [2.45, 2.75) is 69.7 Å². The zero-order chi connectivity index (χ0) is 20.9. The maximum atomic E-state index is 11.6. The van der Waals surface area contributed by atoms with Gasteiger partial charge in [0.05, 0.1) is 12.7 Å². The maximum Gasteiger partial charge on any atom is 0.137 e.